The molecule has 6 heteroatoms. The molecular weight excluding hydrogens is 407 g/mol. The molecule has 4 nitrogen and oxygen atoms in total. The fraction of sp³-hybridized carbons (Fsp3) is 0.435. The Morgan fingerprint density at radius 1 is 0.931 bits per heavy atom. The maximum absolute atomic E-state index is 12.3. The highest BCUT2D eigenvalue weighted by Gasteiger charge is 2.24. The largest absolute Gasteiger partial charge is 0.363 e. The third kappa shape index (κ3) is 8.07. The van der Waals surface area contributed by atoms with E-state index in [0.29, 0.717) is 6.42 Å². The molecule has 0 saturated carbocycles. The predicted octanol–water partition coefficient (Wildman–Crippen LogP) is 4.33. The van der Waals surface area contributed by atoms with E-state index >= 15 is 0 Å². The summed E-state index contributed by atoms with van der Waals surface area (Å²) in [5.41, 5.74) is 2.13. The lowest BCUT2D eigenvalue weighted by molar-refractivity contribution is -0.0711. The van der Waals surface area contributed by atoms with Crippen molar-refractivity contribution >= 4 is 30.6 Å². The monoisotopic (exact) mass is 438 g/mol. The Morgan fingerprint density at radius 2 is 1.52 bits per heavy atom. The molecule has 1 aliphatic rings. The number of carbonyl (C=O) groups is 1. The number of ketones is 1. The predicted molar refractivity (Wildman–Crippen MR) is 123 cm³/mol. The van der Waals surface area contributed by atoms with Crippen LogP contribution >= 0.6 is 24.8 Å². The number of Topliss-reactive ketones (excluding diaryl/α,β-unsaturated/α-hetero) is 1. The summed E-state index contributed by atoms with van der Waals surface area (Å²) in [5, 5.41) is 0. The number of rotatable bonds is 9. The maximum Gasteiger partial charge on any atom is 0.164 e. The molecule has 3 rings (SSSR count). The Balaban J connectivity index is 0.00000210. The van der Waals surface area contributed by atoms with Gasteiger partial charge in [0, 0.05) is 57.7 Å². The fourth-order valence-electron chi connectivity index (χ4n) is 3.60. The van der Waals surface area contributed by atoms with Gasteiger partial charge in [-0.25, -0.2) is 0 Å². The molecule has 0 amide bonds. The Bertz CT molecular complexity index is 693. The van der Waals surface area contributed by atoms with Crippen LogP contribution in [0.4, 0.5) is 0 Å². The molecular formula is C23H32Cl2N2O2. The minimum atomic E-state index is 0. The van der Waals surface area contributed by atoms with Crippen molar-refractivity contribution in [3.63, 3.8) is 0 Å². The summed E-state index contributed by atoms with van der Waals surface area (Å²) >= 11 is 0. The molecule has 1 saturated heterocycles. The standard InChI is InChI=1S/C23H30N2O2.2ClH/c1-2-27-23(19-20-9-5-3-6-10-20)25-17-15-24(16-18-25)14-13-22(26)21-11-7-4-8-12-21;;/h3-12,23H,2,13-19H2,1H3;2*1H. The second kappa shape index (κ2) is 13.7. The Kier molecular flexibility index (Phi) is 12.1. The van der Waals surface area contributed by atoms with E-state index in [4.69, 9.17) is 4.74 Å². The fourth-order valence-corrected chi connectivity index (χ4v) is 3.60. The van der Waals surface area contributed by atoms with Crippen LogP contribution in [0.15, 0.2) is 60.7 Å². The summed E-state index contributed by atoms with van der Waals surface area (Å²) in [4.78, 5) is 17.1. The first-order valence-corrected chi connectivity index (χ1v) is 9.96. The van der Waals surface area contributed by atoms with Gasteiger partial charge in [0.05, 0.1) is 0 Å². The van der Waals surface area contributed by atoms with Gasteiger partial charge >= 0.3 is 0 Å². The Morgan fingerprint density at radius 3 is 2.10 bits per heavy atom. The third-order valence-corrected chi connectivity index (χ3v) is 5.18. The smallest absolute Gasteiger partial charge is 0.164 e. The van der Waals surface area contributed by atoms with Crippen LogP contribution in [0.2, 0.25) is 0 Å². The molecule has 1 fully saturated rings. The van der Waals surface area contributed by atoms with Gasteiger partial charge in [0.15, 0.2) is 5.78 Å². The lowest BCUT2D eigenvalue weighted by Gasteiger charge is -2.39. The van der Waals surface area contributed by atoms with E-state index in [0.717, 1.165) is 51.3 Å². The zero-order chi connectivity index (χ0) is 18.9. The van der Waals surface area contributed by atoms with Crippen molar-refractivity contribution < 1.29 is 9.53 Å². The van der Waals surface area contributed by atoms with Crippen molar-refractivity contribution in [2.75, 3.05) is 39.3 Å². The van der Waals surface area contributed by atoms with Gasteiger partial charge in [0.1, 0.15) is 6.23 Å². The van der Waals surface area contributed by atoms with Crippen LogP contribution in [-0.2, 0) is 11.2 Å². The highest BCUT2D eigenvalue weighted by Crippen LogP contribution is 2.14. The summed E-state index contributed by atoms with van der Waals surface area (Å²) in [5.74, 6) is 0.231. The van der Waals surface area contributed by atoms with Gasteiger partial charge in [0.2, 0.25) is 0 Å². The van der Waals surface area contributed by atoms with Gasteiger partial charge in [-0.2, -0.15) is 0 Å². The molecule has 0 radical (unpaired) electrons. The molecule has 2 aromatic rings. The highest BCUT2D eigenvalue weighted by atomic mass is 35.5. The average Bonchev–Trinajstić information content (AvgIpc) is 2.73. The second-order valence-corrected chi connectivity index (χ2v) is 7.02. The molecule has 0 N–H and O–H groups in total. The van der Waals surface area contributed by atoms with Gasteiger partial charge in [-0.15, -0.1) is 24.8 Å². The van der Waals surface area contributed by atoms with E-state index < -0.39 is 0 Å². The van der Waals surface area contributed by atoms with Crippen LogP contribution in [0.5, 0.6) is 0 Å². The summed E-state index contributed by atoms with van der Waals surface area (Å²) < 4.78 is 6.03. The third-order valence-electron chi connectivity index (χ3n) is 5.18. The number of halogens is 2. The molecule has 0 spiro atoms. The summed E-state index contributed by atoms with van der Waals surface area (Å²) in [6.45, 7) is 7.56. The van der Waals surface area contributed by atoms with E-state index in [1.165, 1.54) is 5.56 Å². The number of ether oxygens (including phenoxy) is 1. The van der Waals surface area contributed by atoms with Crippen molar-refractivity contribution in [2.24, 2.45) is 0 Å². The minimum Gasteiger partial charge on any atom is -0.363 e. The zero-order valence-electron chi connectivity index (χ0n) is 17.0. The molecule has 1 heterocycles. The first-order chi connectivity index (χ1) is 13.3. The summed E-state index contributed by atoms with van der Waals surface area (Å²) in [6, 6.07) is 20.1. The lowest BCUT2D eigenvalue weighted by Crippen LogP contribution is -2.52. The molecule has 1 unspecified atom stereocenters. The molecule has 0 bridgehead atoms. The van der Waals surface area contributed by atoms with Crippen LogP contribution < -0.4 is 0 Å². The van der Waals surface area contributed by atoms with E-state index in [9.17, 15) is 4.79 Å². The molecule has 160 valence electrons. The van der Waals surface area contributed by atoms with Crippen molar-refractivity contribution in [3.8, 4) is 0 Å². The van der Waals surface area contributed by atoms with Gasteiger partial charge in [-0.05, 0) is 12.5 Å². The van der Waals surface area contributed by atoms with Crippen LogP contribution in [0.1, 0.15) is 29.3 Å². The highest BCUT2D eigenvalue weighted by molar-refractivity contribution is 5.96. The second-order valence-electron chi connectivity index (χ2n) is 7.02. The number of hydrogen-bond donors (Lipinski definition) is 0. The molecule has 0 aromatic heterocycles. The van der Waals surface area contributed by atoms with Crippen LogP contribution in [0.25, 0.3) is 0 Å². The van der Waals surface area contributed by atoms with Crippen LogP contribution in [-0.4, -0.2) is 61.1 Å². The lowest BCUT2D eigenvalue weighted by atomic mass is 10.1. The Hall–Kier alpha value is -1.43. The van der Waals surface area contributed by atoms with Gasteiger partial charge in [0.25, 0.3) is 0 Å². The van der Waals surface area contributed by atoms with Gasteiger partial charge in [-0.1, -0.05) is 60.7 Å². The zero-order valence-corrected chi connectivity index (χ0v) is 18.7. The van der Waals surface area contributed by atoms with E-state index in [1.54, 1.807) is 0 Å². The average molecular weight is 439 g/mol. The van der Waals surface area contributed by atoms with Crippen LogP contribution in [0.3, 0.4) is 0 Å². The molecule has 2 aromatic carbocycles. The van der Waals surface area contributed by atoms with Crippen LogP contribution in [0, 0.1) is 0 Å². The van der Waals surface area contributed by atoms with Gasteiger partial charge < -0.3 is 9.64 Å². The number of piperazine rings is 1. The first-order valence-electron chi connectivity index (χ1n) is 9.96. The van der Waals surface area contributed by atoms with Crippen molar-refractivity contribution in [3.05, 3.63) is 71.8 Å². The molecule has 1 aliphatic heterocycles. The number of hydrogen-bond acceptors (Lipinski definition) is 4. The Labute approximate surface area is 187 Å². The first kappa shape index (κ1) is 25.6. The molecule has 1 atom stereocenters. The minimum absolute atomic E-state index is 0. The van der Waals surface area contributed by atoms with Crippen molar-refractivity contribution in [1.29, 1.82) is 0 Å². The number of benzene rings is 2. The number of nitrogens with zero attached hydrogens (tertiary/aromatic N) is 2. The topological polar surface area (TPSA) is 32.8 Å². The quantitative estimate of drug-likeness (QED) is 0.545. The number of carbonyl (C=O) groups excluding carboxylic acids is 1. The summed E-state index contributed by atoms with van der Waals surface area (Å²) in [6.07, 6.45) is 1.63. The molecule has 0 aliphatic carbocycles. The van der Waals surface area contributed by atoms with Crippen molar-refractivity contribution in [2.45, 2.75) is 26.0 Å². The van der Waals surface area contributed by atoms with Gasteiger partial charge in [-0.3, -0.25) is 9.69 Å². The SMILES string of the molecule is CCOC(Cc1ccccc1)N1CCN(CCC(=O)c2ccccc2)CC1.Cl.Cl. The van der Waals surface area contributed by atoms with E-state index in [-0.39, 0.29) is 36.8 Å². The van der Waals surface area contributed by atoms with E-state index in [2.05, 4.69) is 47.1 Å². The molecule has 29 heavy (non-hydrogen) atoms. The maximum atomic E-state index is 12.3. The van der Waals surface area contributed by atoms with Crippen molar-refractivity contribution in [1.82, 2.24) is 9.80 Å². The normalized spacial score (nSPS) is 15.8. The van der Waals surface area contributed by atoms with E-state index in [1.807, 2.05) is 30.3 Å². The summed E-state index contributed by atoms with van der Waals surface area (Å²) in [7, 11) is 0.